The van der Waals surface area contributed by atoms with E-state index in [2.05, 4.69) is 0 Å². The second kappa shape index (κ2) is 8.35. The van der Waals surface area contributed by atoms with Crippen LogP contribution in [0.3, 0.4) is 0 Å². The van der Waals surface area contributed by atoms with E-state index in [9.17, 15) is 29.4 Å². The zero-order valence-electron chi connectivity index (χ0n) is 14.5. The molecule has 0 saturated carbocycles. The first kappa shape index (κ1) is 20.6. The summed E-state index contributed by atoms with van der Waals surface area (Å²) in [6.07, 6.45) is -2.12. The summed E-state index contributed by atoms with van der Waals surface area (Å²) in [7, 11) is 1.35. The number of carbonyl (C=O) groups is 4. The molecular formula is C17H20N2O8. The Hall–Kier alpha value is -2.66. The van der Waals surface area contributed by atoms with E-state index in [-0.39, 0.29) is 28.8 Å². The summed E-state index contributed by atoms with van der Waals surface area (Å²) in [5, 5.41) is 36.7. The number of aldehydes is 1. The minimum atomic E-state index is -1.31. The smallest absolute Gasteiger partial charge is 0.261 e. The molecule has 1 aromatic rings. The fourth-order valence-electron chi connectivity index (χ4n) is 2.73. The highest BCUT2D eigenvalue weighted by Crippen LogP contribution is 2.27. The number of β-amino-alcohol motifs (C(OH)–C–C–N with tert-alkyl or cyclic N) is 1. The molecule has 10 nitrogen and oxygen atoms in total. The van der Waals surface area contributed by atoms with Crippen LogP contribution < -0.4 is 0 Å². The Labute approximate surface area is 154 Å². The largest absolute Gasteiger partial charge is 0.394 e. The maximum Gasteiger partial charge on any atom is 0.261 e. The monoisotopic (exact) mass is 380 g/mol. The van der Waals surface area contributed by atoms with Crippen LogP contribution in [0.1, 0.15) is 41.4 Å². The molecule has 0 saturated heterocycles. The van der Waals surface area contributed by atoms with Crippen molar-refractivity contribution in [2.75, 3.05) is 33.4 Å². The van der Waals surface area contributed by atoms with Gasteiger partial charge in [-0.15, -0.1) is 0 Å². The van der Waals surface area contributed by atoms with Crippen molar-refractivity contribution in [1.29, 1.82) is 0 Å². The van der Waals surface area contributed by atoms with Gasteiger partial charge >= 0.3 is 0 Å². The molecule has 3 amide bonds. The third kappa shape index (κ3) is 4.03. The van der Waals surface area contributed by atoms with E-state index in [1.54, 1.807) is 0 Å². The van der Waals surface area contributed by atoms with Crippen molar-refractivity contribution in [2.24, 2.45) is 0 Å². The van der Waals surface area contributed by atoms with Gasteiger partial charge in [-0.05, 0) is 12.1 Å². The molecule has 10 heteroatoms. The van der Waals surface area contributed by atoms with Gasteiger partial charge in [0.15, 0.2) is 6.29 Å². The van der Waals surface area contributed by atoms with Gasteiger partial charge in [-0.1, -0.05) is 0 Å². The fourth-order valence-corrected chi connectivity index (χ4v) is 2.73. The predicted molar refractivity (Wildman–Crippen MR) is 90.3 cm³/mol. The standard InChI is InChI=1S/C17H20N2O8/c1-18(4-10(23)7-21)15(25)12-3-14-13(2-9(12)6-20)16(26)19(17(14)27)5-11(24)8-22/h2-3,6,10-11,21-24H,4-5,7-8H2,1H3. The second-order valence-electron chi connectivity index (χ2n) is 6.18. The molecule has 0 bridgehead atoms. The van der Waals surface area contributed by atoms with Crippen molar-refractivity contribution in [1.82, 2.24) is 9.80 Å². The van der Waals surface area contributed by atoms with Crippen molar-refractivity contribution >= 4 is 24.0 Å². The van der Waals surface area contributed by atoms with Crippen LogP contribution >= 0.6 is 0 Å². The summed E-state index contributed by atoms with van der Waals surface area (Å²) in [6, 6.07) is 2.24. The van der Waals surface area contributed by atoms with Crippen molar-refractivity contribution < 1.29 is 39.6 Å². The lowest BCUT2D eigenvalue weighted by Gasteiger charge is -2.20. The Balaban J connectivity index is 2.40. The highest BCUT2D eigenvalue weighted by atomic mass is 16.3. The van der Waals surface area contributed by atoms with Crippen molar-refractivity contribution in [3.8, 4) is 0 Å². The van der Waals surface area contributed by atoms with E-state index in [4.69, 9.17) is 10.2 Å². The van der Waals surface area contributed by atoms with Crippen LogP contribution in [0.15, 0.2) is 12.1 Å². The number of likely N-dealkylation sites (N-methyl/N-ethyl adjacent to an activating group) is 1. The average Bonchev–Trinajstić information content (AvgIpc) is 2.90. The van der Waals surface area contributed by atoms with E-state index < -0.39 is 49.7 Å². The Morgan fingerprint density at radius 2 is 1.67 bits per heavy atom. The average molecular weight is 380 g/mol. The van der Waals surface area contributed by atoms with Crippen molar-refractivity contribution in [3.63, 3.8) is 0 Å². The molecule has 4 N–H and O–H groups in total. The third-order valence-corrected chi connectivity index (χ3v) is 4.14. The van der Waals surface area contributed by atoms with E-state index in [0.717, 1.165) is 21.9 Å². The van der Waals surface area contributed by atoms with Gasteiger partial charge < -0.3 is 25.3 Å². The molecule has 0 spiro atoms. The third-order valence-electron chi connectivity index (χ3n) is 4.14. The van der Waals surface area contributed by atoms with E-state index in [1.165, 1.54) is 7.05 Å². The van der Waals surface area contributed by atoms with Crippen LogP contribution in [0.2, 0.25) is 0 Å². The van der Waals surface area contributed by atoms with Gasteiger partial charge in [0, 0.05) is 19.2 Å². The Morgan fingerprint density at radius 3 is 2.19 bits per heavy atom. The first-order valence-electron chi connectivity index (χ1n) is 8.07. The summed E-state index contributed by atoms with van der Waals surface area (Å²) in [5.41, 5.74) is -0.436. The molecule has 1 aromatic carbocycles. The van der Waals surface area contributed by atoms with Crippen LogP contribution in [0.4, 0.5) is 0 Å². The second-order valence-corrected chi connectivity index (χ2v) is 6.18. The summed E-state index contributed by atoms with van der Waals surface area (Å²) in [6.45, 7) is -1.83. The zero-order valence-corrected chi connectivity index (χ0v) is 14.5. The van der Waals surface area contributed by atoms with Gasteiger partial charge in [0.05, 0.1) is 48.7 Å². The number of hydrogen-bond acceptors (Lipinski definition) is 8. The molecule has 0 radical (unpaired) electrons. The number of hydrogen-bond donors (Lipinski definition) is 4. The maximum atomic E-state index is 12.6. The molecular weight excluding hydrogens is 360 g/mol. The minimum Gasteiger partial charge on any atom is -0.394 e. The molecule has 1 heterocycles. The van der Waals surface area contributed by atoms with Gasteiger partial charge in [0.1, 0.15) is 0 Å². The van der Waals surface area contributed by atoms with Gasteiger partial charge in [0.2, 0.25) is 0 Å². The van der Waals surface area contributed by atoms with E-state index in [0.29, 0.717) is 6.29 Å². The summed E-state index contributed by atoms with van der Waals surface area (Å²) in [4.78, 5) is 50.6. The van der Waals surface area contributed by atoms with E-state index in [1.807, 2.05) is 0 Å². The Morgan fingerprint density at radius 1 is 1.11 bits per heavy atom. The lowest BCUT2D eigenvalue weighted by molar-refractivity contribution is 0.0426. The van der Waals surface area contributed by atoms with E-state index >= 15 is 0 Å². The van der Waals surface area contributed by atoms with Crippen LogP contribution in [-0.4, -0.2) is 99.8 Å². The van der Waals surface area contributed by atoms with Gasteiger partial charge in [-0.2, -0.15) is 0 Å². The Kier molecular flexibility index (Phi) is 6.39. The summed E-state index contributed by atoms with van der Waals surface area (Å²) >= 11 is 0. The number of benzene rings is 1. The lowest BCUT2D eigenvalue weighted by atomic mass is 9.99. The minimum absolute atomic E-state index is 0.0816. The molecule has 146 valence electrons. The number of nitrogens with zero attached hydrogens (tertiary/aromatic N) is 2. The number of amides is 3. The predicted octanol–water partition coefficient (Wildman–Crippen LogP) is -2.13. The number of aliphatic hydroxyl groups excluding tert-OH is 4. The van der Waals surface area contributed by atoms with Crippen LogP contribution in [0.5, 0.6) is 0 Å². The van der Waals surface area contributed by atoms with Crippen LogP contribution in [0, 0.1) is 0 Å². The quantitative estimate of drug-likeness (QED) is 0.294. The van der Waals surface area contributed by atoms with Crippen molar-refractivity contribution in [3.05, 3.63) is 34.4 Å². The topological polar surface area (TPSA) is 156 Å². The molecule has 0 aromatic heterocycles. The van der Waals surface area contributed by atoms with Gasteiger partial charge in [0.25, 0.3) is 17.7 Å². The molecule has 2 atom stereocenters. The zero-order chi connectivity index (χ0) is 20.3. The number of rotatable bonds is 8. The molecule has 1 aliphatic heterocycles. The highest BCUT2D eigenvalue weighted by Gasteiger charge is 2.38. The fraction of sp³-hybridized carbons (Fsp3) is 0.412. The number of aliphatic hydroxyl groups is 4. The normalized spacial score (nSPS) is 15.5. The summed E-state index contributed by atoms with van der Waals surface area (Å²) < 4.78 is 0. The summed E-state index contributed by atoms with van der Waals surface area (Å²) in [5.74, 6) is -2.18. The molecule has 1 aliphatic rings. The molecule has 0 aliphatic carbocycles. The lowest BCUT2D eigenvalue weighted by Crippen LogP contribution is -2.38. The van der Waals surface area contributed by atoms with Gasteiger partial charge in [-0.25, -0.2) is 0 Å². The first-order valence-corrected chi connectivity index (χ1v) is 8.07. The Bertz CT molecular complexity index is 778. The molecule has 0 fully saturated rings. The number of fused-ring (bicyclic) bond motifs is 1. The SMILES string of the molecule is CN(CC(O)CO)C(=O)c1cc2c(cc1C=O)C(=O)N(CC(O)CO)C2=O. The molecule has 2 rings (SSSR count). The number of carbonyl (C=O) groups excluding carboxylic acids is 4. The first-order chi connectivity index (χ1) is 12.7. The number of imide groups is 1. The molecule has 27 heavy (non-hydrogen) atoms. The molecule has 2 unspecified atom stereocenters. The van der Waals surface area contributed by atoms with Gasteiger partial charge in [-0.3, -0.25) is 24.1 Å². The maximum absolute atomic E-state index is 12.6. The van der Waals surface area contributed by atoms with Crippen LogP contribution in [-0.2, 0) is 0 Å². The van der Waals surface area contributed by atoms with Crippen LogP contribution in [0.25, 0.3) is 0 Å². The van der Waals surface area contributed by atoms with Crippen molar-refractivity contribution in [2.45, 2.75) is 12.2 Å². The highest BCUT2D eigenvalue weighted by molar-refractivity contribution is 6.23.